The molecule has 1 atom stereocenters. The molecule has 4 heteroatoms. The molecule has 0 radical (unpaired) electrons. The molecular formula is C11H16N2OS. The summed E-state index contributed by atoms with van der Waals surface area (Å²) in [6.07, 6.45) is 3.55. The van der Waals surface area contributed by atoms with Gasteiger partial charge in [-0.3, -0.25) is 4.79 Å². The van der Waals surface area contributed by atoms with E-state index < -0.39 is 0 Å². The van der Waals surface area contributed by atoms with Gasteiger partial charge in [0.05, 0.1) is 4.88 Å². The minimum atomic E-state index is 0.0583. The molecule has 1 aromatic heterocycles. The van der Waals surface area contributed by atoms with Crippen LogP contribution in [0.1, 0.15) is 28.9 Å². The van der Waals surface area contributed by atoms with E-state index in [2.05, 4.69) is 10.6 Å². The number of carbonyl (C=O) groups is 1. The molecule has 2 N–H and O–H groups in total. The Morgan fingerprint density at radius 1 is 1.67 bits per heavy atom. The molecule has 0 aromatic carbocycles. The molecule has 0 saturated carbocycles. The van der Waals surface area contributed by atoms with E-state index in [0.717, 1.165) is 24.4 Å². The van der Waals surface area contributed by atoms with E-state index >= 15 is 0 Å². The fraction of sp³-hybridized carbons (Fsp3) is 0.545. The van der Waals surface area contributed by atoms with E-state index in [0.29, 0.717) is 6.04 Å². The smallest absolute Gasteiger partial charge is 0.261 e. The maximum Gasteiger partial charge on any atom is 0.261 e. The first-order valence-corrected chi connectivity index (χ1v) is 6.29. The molecule has 82 valence electrons. The zero-order chi connectivity index (χ0) is 10.5. The molecule has 1 fully saturated rings. The molecule has 0 spiro atoms. The Kier molecular flexibility index (Phi) is 3.75. The summed E-state index contributed by atoms with van der Waals surface area (Å²) >= 11 is 1.49. The number of rotatable bonds is 4. The number of carbonyl (C=O) groups excluding carboxylic acids is 1. The Bertz CT molecular complexity index is 304. The fourth-order valence-corrected chi connectivity index (χ4v) is 2.50. The summed E-state index contributed by atoms with van der Waals surface area (Å²) in [6.45, 7) is 1.90. The van der Waals surface area contributed by atoms with Crippen LogP contribution in [0.4, 0.5) is 0 Å². The Balaban J connectivity index is 1.67. The van der Waals surface area contributed by atoms with Gasteiger partial charge in [-0.25, -0.2) is 0 Å². The summed E-state index contributed by atoms with van der Waals surface area (Å²) in [5, 5.41) is 8.28. The van der Waals surface area contributed by atoms with Crippen molar-refractivity contribution in [3.63, 3.8) is 0 Å². The summed E-state index contributed by atoms with van der Waals surface area (Å²) in [5.41, 5.74) is 0. The van der Waals surface area contributed by atoms with Crippen molar-refractivity contribution in [3.8, 4) is 0 Å². The van der Waals surface area contributed by atoms with E-state index in [-0.39, 0.29) is 5.91 Å². The summed E-state index contributed by atoms with van der Waals surface area (Å²) in [5.74, 6) is 0.0583. The number of nitrogens with one attached hydrogen (secondary N) is 2. The quantitative estimate of drug-likeness (QED) is 0.816. The SMILES string of the molecule is O=C(NCC[C@@H]1CCCN1)c1cccs1. The van der Waals surface area contributed by atoms with Gasteiger partial charge in [0.15, 0.2) is 0 Å². The van der Waals surface area contributed by atoms with Gasteiger partial charge in [0, 0.05) is 12.6 Å². The van der Waals surface area contributed by atoms with Gasteiger partial charge >= 0.3 is 0 Å². The Labute approximate surface area is 93.9 Å². The normalized spacial score (nSPS) is 20.4. The highest BCUT2D eigenvalue weighted by Crippen LogP contribution is 2.09. The Hall–Kier alpha value is -0.870. The minimum Gasteiger partial charge on any atom is -0.351 e. The van der Waals surface area contributed by atoms with Gasteiger partial charge in [-0.2, -0.15) is 0 Å². The van der Waals surface area contributed by atoms with E-state index in [1.54, 1.807) is 0 Å². The molecule has 0 aliphatic carbocycles. The van der Waals surface area contributed by atoms with Crippen molar-refractivity contribution in [2.45, 2.75) is 25.3 Å². The van der Waals surface area contributed by atoms with Gasteiger partial charge in [0.1, 0.15) is 0 Å². The van der Waals surface area contributed by atoms with Crippen LogP contribution in [0.15, 0.2) is 17.5 Å². The van der Waals surface area contributed by atoms with Gasteiger partial charge in [0.25, 0.3) is 5.91 Å². The number of hydrogen-bond donors (Lipinski definition) is 2. The first kappa shape index (κ1) is 10.6. The fourth-order valence-electron chi connectivity index (χ4n) is 1.86. The minimum absolute atomic E-state index is 0.0583. The highest BCUT2D eigenvalue weighted by molar-refractivity contribution is 7.12. The van der Waals surface area contributed by atoms with Crippen LogP contribution in [-0.2, 0) is 0 Å². The van der Waals surface area contributed by atoms with Crippen molar-refractivity contribution in [1.29, 1.82) is 0 Å². The summed E-state index contributed by atoms with van der Waals surface area (Å²) < 4.78 is 0. The van der Waals surface area contributed by atoms with Crippen LogP contribution < -0.4 is 10.6 Å². The zero-order valence-electron chi connectivity index (χ0n) is 8.66. The van der Waals surface area contributed by atoms with Gasteiger partial charge in [-0.1, -0.05) is 6.07 Å². The molecule has 2 rings (SSSR count). The summed E-state index contributed by atoms with van der Waals surface area (Å²) in [6, 6.07) is 4.36. The number of thiophene rings is 1. The lowest BCUT2D eigenvalue weighted by Gasteiger charge is -2.09. The van der Waals surface area contributed by atoms with Crippen LogP contribution in [0.3, 0.4) is 0 Å². The molecule has 2 heterocycles. The van der Waals surface area contributed by atoms with Gasteiger partial charge in [-0.15, -0.1) is 11.3 Å². The Morgan fingerprint density at radius 3 is 3.27 bits per heavy atom. The van der Waals surface area contributed by atoms with Crippen molar-refractivity contribution in [2.75, 3.05) is 13.1 Å². The van der Waals surface area contributed by atoms with Crippen LogP contribution in [0.5, 0.6) is 0 Å². The summed E-state index contributed by atoms with van der Waals surface area (Å²) in [7, 11) is 0. The Morgan fingerprint density at radius 2 is 2.60 bits per heavy atom. The molecule has 1 aromatic rings. The summed E-state index contributed by atoms with van der Waals surface area (Å²) in [4.78, 5) is 12.4. The second kappa shape index (κ2) is 5.28. The van der Waals surface area contributed by atoms with Crippen molar-refractivity contribution < 1.29 is 4.79 Å². The van der Waals surface area contributed by atoms with E-state index in [9.17, 15) is 4.79 Å². The van der Waals surface area contributed by atoms with Gasteiger partial charge in [0.2, 0.25) is 0 Å². The largest absolute Gasteiger partial charge is 0.351 e. The first-order chi connectivity index (χ1) is 7.36. The third-order valence-corrected chi connectivity index (χ3v) is 3.55. The van der Waals surface area contributed by atoms with Crippen molar-refractivity contribution in [1.82, 2.24) is 10.6 Å². The highest BCUT2D eigenvalue weighted by Gasteiger charge is 2.13. The molecular weight excluding hydrogens is 208 g/mol. The molecule has 15 heavy (non-hydrogen) atoms. The topological polar surface area (TPSA) is 41.1 Å². The second-order valence-corrected chi connectivity index (χ2v) is 4.76. The first-order valence-electron chi connectivity index (χ1n) is 5.41. The van der Waals surface area contributed by atoms with Gasteiger partial charge in [-0.05, 0) is 37.3 Å². The van der Waals surface area contributed by atoms with E-state index in [4.69, 9.17) is 0 Å². The molecule has 1 saturated heterocycles. The van der Waals surface area contributed by atoms with Gasteiger partial charge < -0.3 is 10.6 Å². The monoisotopic (exact) mass is 224 g/mol. The van der Waals surface area contributed by atoms with E-state index in [1.807, 2.05) is 17.5 Å². The van der Waals surface area contributed by atoms with Crippen molar-refractivity contribution in [3.05, 3.63) is 22.4 Å². The number of amides is 1. The highest BCUT2D eigenvalue weighted by atomic mass is 32.1. The lowest BCUT2D eigenvalue weighted by Crippen LogP contribution is -2.30. The standard InChI is InChI=1S/C11H16N2OS/c14-11(10-4-2-8-15-10)13-7-5-9-3-1-6-12-9/h2,4,8-9,12H,1,3,5-7H2,(H,13,14)/t9-/m0/s1. The van der Waals surface area contributed by atoms with Crippen LogP contribution >= 0.6 is 11.3 Å². The van der Waals surface area contributed by atoms with Crippen LogP contribution in [0.2, 0.25) is 0 Å². The molecule has 1 aliphatic heterocycles. The zero-order valence-corrected chi connectivity index (χ0v) is 9.48. The predicted molar refractivity (Wildman–Crippen MR) is 62.3 cm³/mol. The predicted octanol–water partition coefficient (Wildman–Crippen LogP) is 1.62. The van der Waals surface area contributed by atoms with Crippen LogP contribution in [0, 0.1) is 0 Å². The molecule has 1 amide bonds. The van der Waals surface area contributed by atoms with E-state index in [1.165, 1.54) is 24.2 Å². The van der Waals surface area contributed by atoms with Crippen molar-refractivity contribution >= 4 is 17.2 Å². The third kappa shape index (κ3) is 3.04. The molecule has 0 bridgehead atoms. The van der Waals surface area contributed by atoms with Crippen molar-refractivity contribution in [2.24, 2.45) is 0 Å². The lowest BCUT2D eigenvalue weighted by atomic mass is 10.1. The molecule has 0 unspecified atom stereocenters. The molecule has 3 nitrogen and oxygen atoms in total. The second-order valence-electron chi connectivity index (χ2n) is 3.82. The third-order valence-electron chi connectivity index (χ3n) is 2.69. The maximum absolute atomic E-state index is 11.6. The average molecular weight is 224 g/mol. The lowest BCUT2D eigenvalue weighted by molar-refractivity contribution is 0.0956. The molecule has 1 aliphatic rings. The maximum atomic E-state index is 11.6. The van der Waals surface area contributed by atoms with Crippen LogP contribution in [0.25, 0.3) is 0 Å². The average Bonchev–Trinajstić information content (AvgIpc) is 2.90. The van der Waals surface area contributed by atoms with Crippen LogP contribution in [-0.4, -0.2) is 25.0 Å². The number of hydrogen-bond acceptors (Lipinski definition) is 3.